The van der Waals surface area contributed by atoms with E-state index in [0.29, 0.717) is 18.3 Å². The Balaban J connectivity index is 1.79. The molecule has 0 radical (unpaired) electrons. The third-order valence-electron chi connectivity index (χ3n) is 2.84. The summed E-state index contributed by atoms with van der Waals surface area (Å²) in [5.74, 6) is 0.0686. The van der Waals surface area contributed by atoms with E-state index in [1.807, 2.05) is 12.1 Å². The fourth-order valence-corrected chi connectivity index (χ4v) is 1.88. The zero-order valence-corrected chi connectivity index (χ0v) is 9.28. The van der Waals surface area contributed by atoms with Gasteiger partial charge in [0.15, 0.2) is 5.78 Å². The van der Waals surface area contributed by atoms with Crippen LogP contribution in [0.25, 0.3) is 0 Å². The lowest BCUT2D eigenvalue weighted by atomic mass is 10.1. The fourth-order valence-electron chi connectivity index (χ4n) is 1.88. The molecular formula is C12H17N3O. The molecule has 2 heterocycles. The molecule has 86 valence electrons. The van der Waals surface area contributed by atoms with E-state index >= 15 is 0 Å². The molecule has 4 heteroatoms. The van der Waals surface area contributed by atoms with Crippen LogP contribution in [0.15, 0.2) is 24.4 Å². The van der Waals surface area contributed by atoms with Crippen LogP contribution in [0, 0.1) is 0 Å². The number of piperidine rings is 1. The summed E-state index contributed by atoms with van der Waals surface area (Å²) in [6, 6.07) is 5.88. The number of aromatic nitrogens is 1. The SMILES string of the molecule is O=C(CNC1CCNCC1)c1ccccn1. The van der Waals surface area contributed by atoms with Crippen LogP contribution < -0.4 is 10.6 Å². The van der Waals surface area contributed by atoms with Gasteiger partial charge >= 0.3 is 0 Å². The Hall–Kier alpha value is -1.26. The van der Waals surface area contributed by atoms with E-state index in [0.717, 1.165) is 25.9 Å². The molecule has 4 nitrogen and oxygen atoms in total. The molecule has 2 rings (SSSR count). The minimum atomic E-state index is 0.0686. The first-order valence-corrected chi connectivity index (χ1v) is 5.74. The van der Waals surface area contributed by atoms with Gasteiger partial charge in [-0.15, -0.1) is 0 Å². The molecule has 0 spiro atoms. The number of hydrogen-bond acceptors (Lipinski definition) is 4. The molecule has 1 fully saturated rings. The number of nitrogens with zero attached hydrogens (tertiary/aromatic N) is 1. The van der Waals surface area contributed by atoms with Crippen molar-refractivity contribution < 1.29 is 4.79 Å². The summed E-state index contributed by atoms with van der Waals surface area (Å²) in [4.78, 5) is 15.8. The maximum Gasteiger partial charge on any atom is 0.194 e. The Morgan fingerprint density at radius 2 is 2.25 bits per heavy atom. The smallest absolute Gasteiger partial charge is 0.194 e. The number of Topliss-reactive ketones (excluding diaryl/α,β-unsaturated/α-hetero) is 1. The molecule has 0 unspecified atom stereocenters. The van der Waals surface area contributed by atoms with Gasteiger partial charge in [0, 0.05) is 12.2 Å². The normalized spacial score (nSPS) is 17.2. The summed E-state index contributed by atoms with van der Waals surface area (Å²) in [6.45, 7) is 2.46. The first kappa shape index (κ1) is 11.2. The minimum Gasteiger partial charge on any atom is -0.317 e. The van der Waals surface area contributed by atoms with Gasteiger partial charge in [-0.25, -0.2) is 0 Å². The van der Waals surface area contributed by atoms with Gasteiger partial charge < -0.3 is 10.6 Å². The highest BCUT2D eigenvalue weighted by Crippen LogP contribution is 2.02. The summed E-state index contributed by atoms with van der Waals surface area (Å²) in [7, 11) is 0. The van der Waals surface area contributed by atoms with Crippen molar-refractivity contribution in [2.75, 3.05) is 19.6 Å². The molecule has 0 aromatic carbocycles. The van der Waals surface area contributed by atoms with Crippen LogP contribution in [0.5, 0.6) is 0 Å². The van der Waals surface area contributed by atoms with E-state index in [2.05, 4.69) is 15.6 Å². The number of ketones is 1. The summed E-state index contributed by atoms with van der Waals surface area (Å²) in [5, 5.41) is 6.59. The Bertz CT molecular complexity index is 333. The third-order valence-corrected chi connectivity index (χ3v) is 2.84. The highest BCUT2D eigenvalue weighted by Gasteiger charge is 2.14. The van der Waals surface area contributed by atoms with Crippen molar-refractivity contribution in [3.05, 3.63) is 30.1 Å². The zero-order chi connectivity index (χ0) is 11.2. The molecule has 1 aromatic heterocycles. The van der Waals surface area contributed by atoms with Crippen LogP contribution in [-0.2, 0) is 0 Å². The molecule has 1 aliphatic rings. The van der Waals surface area contributed by atoms with Crippen molar-refractivity contribution in [3.8, 4) is 0 Å². The average Bonchev–Trinajstić information content (AvgIpc) is 2.38. The van der Waals surface area contributed by atoms with Gasteiger partial charge in [0.25, 0.3) is 0 Å². The first-order chi connectivity index (χ1) is 7.86. The van der Waals surface area contributed by atoms with E-state index in [9.17, 15) is 4.79 Å². The van der Waals surface area contributed by atoms with Gasteiger partial charge in [0.05, 0.1) is 6.54 Å². The van der Waals surface area contributed by atoms with Crippen molar-refractivity contribution in [3.63, 3.8) is 0 Å². The van der Waals surface area contributed by atoms with Crippen LogP contribution >= 0.6 is 0 Å². The number of pyridine rings is 1. The van der Waals surface area contributed by atoms with Gasteiger partial charge in [0.2, 0.25) is 0 Å². The Kier molecular flexibility index (Phi) is 4.02. The topological polar surface area (TPSA) is 54.0 Å². The Morgan fingerprint density at radius 3 is 2.94 bits per heavy atom. The number of carbonyl (C=O) groups is 1. The van der Waals surface area contributed by atoms with Gasteiger partial charge in [-0.1, -0.05) is 6.07 Å². The van der Waals surface area contributed by atoms with Crippen molar-refractivity contribution in [2.45, 2.75) is 18.9 Å². The maximum absolute atomic E-state index is 11.7. The van der Waals surface area contributed by atoms with Crippen LogP contribution in [0.2, 0.25) is 0 Å². The van der Waals surface area contributed by atoms with Crippen LogP contribution in [0.3, 0.4) is 0 Å². The molecule has 0 saturated carbocycles. The second kappa shape index (κ2) is 5.72. The van der Waals surface area contributed by atoms with E-state index in [4.69, 9.17) is 0 Å². The maximum atomic E-state index is 11.7. The number of nitrogens with one attached hydrogen (secondary N) is 2. The Morgan fingerprint density at radius 1 is 1.44 bits per heavy atom. The molecule has 0 aliphatic carbocycles. The molecule has 1 saturated heterocycles. The van der Waals surface area contributed by atoms with Gasteiger partial charge in [-0.2, -0.15) is 0 Å². The summed E-state index contributed by atoms with van der Waals surface area (Å²) >= 11 is 0. The molecule has 16 heavy (non-hydrogen) atoms. The fraction of sp³-hybridized carbons (Fsp3) is 0.500. The molecule has 0 bridgehead atoms. The van der Waals surface area contributed by atoms with Crippen molar-refractivity contribution in [2.24, 2.45) is 0 Å². The Labute approximate surface area is 95.5 Å². The monoisotopic (exact) mass is 219 g/mol. The number of carbonyl (C=O) groups excluding carboxylic acids is 1. The predicted molar refractivity (Wildman–Crippen MR) is 62.5 cm³/mol. The van der Waals surface area contributed by atoms with Gasteiger partial charge in [-0.3, -0.25) is 9.78 Å². The summed E-state index contributed by atoms with van der Waals surface area (Å²) in [6.07, 6.45) is 3.84. The highest BCUT2D eigenvalue weighted by molar-refractivity contribution is 5.95. The molecule has 2 N–H and O–H groups in total. The second-order valence-corrected chi connectivity index (χ2v) is 4.04. The van der Waals surface area contributed by atoms with Crippen LogP contribution in [0.4, 0.5) is 0 Å². The van der Waals surface area contributed by atoms with E-state index in [1.165, 1.54) is 0 Å². The van der Waals surface area contributed by atoms with E-state index in [1.54, 1.807) is 12.3 Å². The van der Waals surface area contributed by atoms with Gasteiger partial charge in [0.1, 0.15) is 5.69 Å². The molecule has 0 atom stereocenters. The zero-order valence-electron chi connectivity index (χ0n) is 9.28. The molecule has 0 amide bonds. The highest BCUT2D eigenvalue weighted by atomic mass is 16.1. The number of hydrogen-bond donors (Lipinski definition) is 2. The predicted octanol–water partition coefficient (Wildman–Crippen LogP) is 0.606. The van der Waals surface area contributed by atoms with Gasteiger partial charge in [-0.05, 0) is 38.1 Å². The summed E-state index contributed by atoms with van der Waals surface area (Å²) < 4.78 is 0. The van der Waals surface area contributed by atoms with Crippen LogP contribution in [-0.4, -0.2) is 36.4 Å². The van der Waals surface area contributed by atoms with Crippen LogP contribution in [0.1, 0.15) is 23.3 Å². The lowest BCUT2D eigenvalue weighted by Crippen LogP contribution is -2.42. The molecular weight excluding hydrogens is 202 g/mol. The quantitative estimate of drug-likeness (QED) is 0.728. The van der Waals surface area contributed by atoms with Crippen molar-refractivity contribution in [1.29, 1.82) is 0 Å². The van der Waals surface area contributed by atoms with E-state index in [-0.39, 0.29) is 5.78 Å². The minimum absolute atomic E-state index is 0.0686. The standard InChI is InChI=1S/C12H17N3O/c16-12(11-3-1-2-6-14-11)9-15-10-4-7-13-8-5-10/h1-3,6,10,13,15H,4-5,7-9H2. The van der Waals surface area contributed by atoms with Crippen molar-refractivity contribution in [1.82, 2.24) is 15.6 Å². The lowest BCUT2D eigenvalue weighted by Gasteiger charge is -2.23. The molecule has 1 aliphatic heterocycles. The second-order valence-electron chi connectivity index (χ2n) is 4.04. The van der Waals surface area contributed by atoms with E-state index < -0.39 is 0 Å². The first-order valence-electron chi connectivity index (χ1n) is 5.74. The molecule has 1 aromatic rings. The average molecular weight is 219 g/mol. The summed E-state index contributed by atoms with van der Waals surface area (Å²) in [5.41, 5.74) is 0.545. The lowest BCUT2D eigenvalue weighted by molar-refractivity contribution is 0.0980. The third kappa shape index (κ3) is 3.12. The largest absolute Gasteiger partial charge is 0.317 e. The number of rotatable bonds is 4. The van der Waals surface area contributed by atoms with Crippen molar-refractivity contribution >= 4 is 5.78 Å².